The first kappa shape index (κ1) is 26.8. The molecule has 0 saturated heterocycles. The average molecular weight is 633 g/mol. The Bertz CT molecular complexity index is 740. The van der Waals surface area contributed by atoms with Gasteiger partial charge in [0.1, 0.15) is 0 Å². The van der Waals surface area contributed by atoms with Crippen LogP contribution in [0.1, 0.15) is 22.3 Å². The number of alkyl halides is 12. The van der Waals surface area contributed by atoms with Crippen molar-refractivity contribution in [1.29, 1.82) is 0 Å². The first-order valence-corrected chi connectivity index (χ1v) is 9.01. The summed E-state index contributed by atoms with van der Waals surface area (Å²) in [5, 5.41) is 0. The van der Waals surface area contributed by atoms with E-state index in [1.54, 1.807) is 0 Å². The van der Waals surface area contributed by atoms with Gasteiger partial charge in [-0.25, -0.2) is 0 Å². The van der Waals surface area contributed by atoms with Crippen molar-refractivity contribution < 1.29 is 52.7 Å². The first-order valence-electron chi connectivity index (χ1n) is 7.13. The molecule has 0 aliphatic heterocycles. The Balaban J connectivity index is 0.000000300. The van der Waals surface area contributed by atoms with Gasteiger partial charge in [-0.3, -0.25) is 0 Å². The van der Waals surface area contributed by atoms with Crippen LogP contribution in [0.15, 0.2) is 40.9 Å². The third-order valence-electron chi connectivity index (χ3n) is 3.22. The highest BCUT2D eigenvalue weighted by molar-refractivity contribution is 14.1. The predicted molar refractivity (Wildman–Crippen MR) is 93.3 cm³/mol. The van der Waals surface area contributed by atoms with Gasteiger partial charge < -0.3 is 0 Å². The molecule has 0 radical (unpaired) electrons. The summed E-state index contributed by atoms with van der Waals surface area (Å²) in [6, 6.07) is 3.87. The van der Waals surface area contributed by atoms with Gasteiger partial charge in [0.2, 0.25) is 0 Å². The normalized spacial score (nSPS) is 13.0. The molecule has 2 aromatic carbocycles. The number of hydrogen-bond donors (Lipinski definition) is 0. The summed E-state index contributed by atoms with van der Waals surface area (Å²) in [4.78, 5) is 0. The smallest absolute Gasteiger partial charge is 0.166 e. The minimum atomic E-state index is -4.81. The van der Waals surface area contributed by atoms with E-state index in [4.69, 9.17) is 0 Å². The van der Waals surface area contributed by atoms with Crippen LogP contribution in [0.2, 0.25) is 0 Å². The third kappa shape index (κ3) is 6.92. The Hall–Kier alpha value is -1.19. The molecule has 0 aliphatic carbocycles. The van der Waals surface area contributed by atoms with Crippen LogP contribution in [-0.4, -0.2) is 0 Å². The zero-order chi connectivity index (χ0) is 23.7. The van der Waals surface area contributed by atoms with Crippen LogP contribution in [0, 0.1) is 3.57 Å². The zero-order valence-corrected chi connectivity index (χ0v) is 17.5. The molecule has 0 N–H and O–H groups in total. The second-order valence-corrected chi connectivity index (χ2v) is 7.20. The fourth-order valence-electron chi connectivity index (χ4n) is 1.94. The highest BCUT2D eigenvalue weighted by atomic mass is 127. The molecule has 0 atom stereocenters. The van der Waals surface area contributed by atoms with Crippen molar-refractivity contribution in [1.82, 2.24) is 0 Å². The van der Waals surface area contributed by atoms with Crippen molar-refractivity contribution in [3.8, 4) is 0 Å². The Kier molecular flexibility index (Phi) is 8.16. The SMILES string of the molecule is FC(F)(F)c1cccc(C(F)(F)F)c1Br.FC(F)(F)c1cccc(C(F)(F)F)c1I. The zero-order valence-electron chi connectivity index (χ0n) is 13.8. The van der Waals surface area contributed by atoms with Gasteiger partial charge in [-0.15, -0.1) is 0 Å². The molecule has 2 rings (SSSR count). The minimum absolute atomic E-state index is 0.583. The summed E-state index contributed by atoms with van der Waals surface area (Å²) in [6.45, 7) is 0. The minimum Gasteiger partial charge on any atom is -0.166 e. The maximum Gasteiger partial charge on any atom is 0.417 e. The molecule has 0 aliphatic rings. The second kappa shape index (κ2) is 9.12. The summed E-state index contributed by atoms with van der Waals surface area (Å²) >= 11 is 3.36. The molecule has 168 valence electrons. The molecule has 0 aromatic heterocycles. The molecule has 0 heterocycles. The summed E-state index contributed by atoms with van der Waals surface area (Å²) in [5.74, 6) is 0. The number of rotatable bonds is 0. The van der Waals surface area contributed by atoms with Crippen LogP contribution in [0.3, 0.4) is 0 Å². The third-order valence-corrected chi connectivity index (χ3v) is 5.24. The summed E-state index contributed by atoms with van der Waals surface area (Å²) < 4.78 is 145. The monoisotopic (exact) mass is 632 g/mol. The molecule has 30 heavy (non-hydrogen) atoms. The lowest BCUT2D eigenvalue weighted by atomic mass is 10.1. The predicted octanol–water partition coefficient (Wildman–Crippen LogP) is 8.82. The number of halogens is 14. The lowest BCUT2D eigenvalue weighted by Crippen LogP contribution is -2.14. The van der Waals surface area contributed by atoms with Gasteiger partial charge in [-0.1, -0.05) is 12.1 Å². The van der Waals surface area contributed by atoms with Gasteiger partial charge in [0.25, 0.3) is 0 Å². The van der Waals surface area contributed by atoms with Crippen molar-refractivity contribution in [3.05, 3.63) is 66.7 Å². The van der Waals surface area contributed by atoms with Gasteiger partial charge in [-0.2, -0.15) is 52.7 Å². The van der Waals surface area contributed by atoms with Crippen LogP contribution in [0.5, 0.6) is 0 Å². The van der Waals surface area contributed by atoms with E-state index in [0.29, 0.717) is 24.3 Å². The standard InChI is InChI=1S/C8H3BrF6.C8H3F6I/c9-6-4(7(10,11)12)2-1-3-5(6)8(13,14)15;9-7(10,11)4-2-1-3-5(6(4)15)8(12,13)14/h2*1-3H. The van der Waals surface area contributed by atoms with Crippen molar-refractivity contribution in [2.24, 2.45) is 0 Å². The van der Waals surface area contributed by atoms with E-state index in [2.05, 4.69) is 15.9 Å². The quantitative estimate of drug-likeness (QED) is 0.201. The van der Waals surface area contributed by atoms with Crippen molar-refractivity contribution in [3.63, 3.8) is 0 Å². The Morgan fingerprint density at radius 1 is 0.500 bits per heavy atom. The van der Waals surface area contributed by atoms with Crippen LogP contribution < -0.4 is 0 Å². The van der Waals surface area contributed by atoms with E-state index in [1.165, 1.54) is 0 Å². The van der Waals surface area contributed by atoms with Crippen LogP contribution in [0.25, 0.3) is 0 Å². The maximum atomic E-state index is 12.2. The van der Waals surface area contributed by atoms with Gasteiger partial charge in [0.05, 0.1) is 22.3 Å². The Morgan fingerprint density at radius 3 is 0.967 bits per heavy atom. The van der Waals surface area contributed by atoms with Gasteiger partial charge in [0.15, 0.2) is 0 Å². The molecule has 0 bridgehead atoms. The van der Waals surface area contributed by atoms with Gasteiger partial charge in [-0.05, 0) is 62.8 Å². The van der Waals surface area contributed by atoms with Gasteiger partial charge in [0, 0.05) is 8.04 Å². The van der Waals surface area contributed by atoms with E-state index >= 15 is 0 Å². The molecular weight excluding hydrogens is 627 g/mol. The summed E-state index contributed by atoms with van der Waals surface area (Å²) in [6.07, 6.45) is -19.1. The molecule has 2 aromatic rings. The number of benzene rings is 2. The van der Waals surface area contributed by atoms with Crippen molar-refractivity contribution in [2.75, 3.05) is 0 Å². The highest BCUT2D eigenvalue weighted by Crippen LogP contribution is 2.42. The van der Waals surface area contributed by atoms with Crippen molar-refractivity contribution in [2.45, 2.75) is 24.7 Å². The van der Waals surface area contributed by atoms with E-state index in [9.17, 15) is 52.7 Å². The second-order valence-electron chi connectivity index (χ2n) is 5.33. The molecule has 14 heteroatoms. The average Bonchev–Trinajstić information content (AvgIpc) is 2.51. The molecule has 0 fully saturated rings. The van der Waals surface area contributed by atoms with Crippen LogP contribution >= 0.6 is 38.5 Å². The fraction of sp³-hybridized carbons (Fsp3) is 0.250. The van der Waals surface area contributed by atoms with Crippen molar-refractivity contribution >= 4 is 38.5 Å². The molecular formula is C16H6BrF12I. The molecule has 0 nitrogen and oxygen atoms in total. The van der Waals surface area contributed by atoms with E-state index in [-0.39, 0.29) is 0 Å². The molecule has 0 saturated carbocycles. The maximum absolute atomic E-state index is 12.2. The lowest BCUT2D eigenvalue weighted by molar-refractivity contribution is -0.145. The summed E-state index contributed by atoms with van der Waals surface area (Å²) in [5.41, 5.74) is -5.20. The van der Waals surface area contributed by atoms with Crippen LogP contribution in [-0.2, 0) is 24.7 Å². The highest BCUT2D eigenvalue weighted by Gasteiger charge is 2.40. The molecule has 0 unspecified atom stereocenters. The van der Waals surface area contributed by atoms with Crippen LogP contribution in [0.4, 0.5) is 52.7 Å². The number of hydrogen-bond acceptors (Lipinski definition) is 0. The first-order chi connectivity index (χ1) is 13.3. The summed E-state index contributed by atoms with van der Waals surface area (Å²) in [7, 11) is 0. The van der Waals surface area contributed by atoms with E-state index in [1.807, 2.05) is 0 Å². The van der Waals surface area contributed by atoms with E-state index < -0.39 is 55.0 Å². The Morgan fingerprint density at radius 2 is 0.733 bits per heavy atom. The topological polar surface area (TPSA) is 0 Å². The molecule has 0 amide bonds. The fourth-order valence-corrected chi connectivity index (χ4v) is 3.62. The lowest BCUT2D eigenvalue weighted by Gasteiger charge is -2.14. The largest absolute Gasteiger partial charge is 0.417 e. The molecule has 0 spiro atoms. The van der Waals surface area contributed by atoms with E-state index in [0.717, 1.165) is 34.7 Å². The Labute approximate surface area is 182 Å². The van der Waals surface area contributed by atoms with Gasteiger partial charge >= 0.3 is 24.7 Å².